The van der Waals surface area contributed by atoms with Gasteiger partial charge in [-0.05, 0) is 42.8 Å². The minimum Gasteiger partial charge on any atom is -0.351 e. The normalized spacial score (nSPS) is 11.5. The Hall–Kier alpha value is -2.94. The van der Waals surface area contributed by atoms with Gasteiger partial charge in [0.05, 0.1) is 17.0 Å². The molecule has 2 N–H and O–H groups in total. The molecule has 2 heterocycles. The molecule has 0 aliphatic heterocycles. The highest BCUT2D eigenvalue weighted by atomic mass is 32.2. The van der Waals surface area contributed by atoms with Gasteiger partial charge in [0, 0.05) is 24.5 Å². The summed E-state index contributed by atoms with van der Waals surface area (Å²) in [5.41, 5.74) is 1.73. The van der Waals surface area contributed by atoms with Crippen LogP contribution in [0, 0.1) is 12.7 Å². The first-order valence-corrected chi connectivity index (χ1v) is 9.47. The quantitative estimate of drug-likeness (QED) is 0.688. The lowest BCUT2D eigenvalue weighted by atomic mass is 10.1. The Kier molecular flexibility index (Phi) is 4.90. The van der Waals surface area contributed by atoms with Crippen molar-refractivity contribution in [2.45, 2.75) is 6.92 Å². The maximum Gasteiger partial charge on any atom is 0.251 e. The fraction of sp³-hybridized carbons (Fsp3) is 0.176. The molecule has 0 atom stereocenters. The Morgan fingerprint density at radius 2 is 2.04 bits per heavy atom. The van der Waals surface area contributed by atoms with Crippen LogP contribution in [0.1, 0.15) is 15.9 Å². The van der Waals surface area contributed by atoms with Crippen molar-refractivity contribution in [3.05, 3.63) is 65.7 Å². The summed E-state index contributed by atoms with van der Waals surface area (Å²) in [6.45, 7) is 1.50. The van der Waals surface area contributed by atoms with Crippen molar-refractivity contribution in [1.82, 2.24) is 14.9 Å². The molecule has 0 saturated heterocycles. The summed E-state index contributed by atoms with van der Waals surface area (Å²) in [6, 6.07) is 9.09. The second-order valence-electron chi connectivity index (χ2n) is 5.76. The van der Waals surface area contributed by atoms with Crippen LogP contribution >= 0.6 is 0 Å². The average Bonchev–Trinajstić information content (AvgIpc) is 3.04. The first kappa shape index (κ1) is 17.9. The van der Waals surface area contributed by atoms with Crippen LogP contribution in [0.15, 0.2) is 48.8 Å². The van der Waals surface area contributed by atoms with Crippen LogP contribution < -0.4 is 10.0 Å². The highest BCUT2D eigenvalue weighted by Crippen LogP contribution is 2.13. The number of benzene rings is 1. The van der Waals surface area contributed by atoms with E-state index in [2.05, 4.69) is 15.1 Å². The lowest BCUT2D eigenvalue weighted by Crippen LogP contribution is -2.31. The fourth-order valence-electron chi connectivity index (χ4n) is 2.35. The number of aryl methyl sites for hydroxylation is 1. The van der Waals surface area contributed by atoms with Crippen LogP contribution in [0.5, 0.6) is 0 Å². The van der Waals surface area contributed by atoms with E-state index < -0.39 is 21.7 Å². The standard InChI is InChI=1S/C17H17FN4O3S/c1-12-2-3-13(10-16(12)18)17(23)19-7-9-26(24,25)21-14-5-8-22-15(11-14)4-6-20-22/h2-6,8,10-11,21H,7,9H2,1H3,(H,19,23). The number of aromatic nitrogens is 2. The molecule has 136 valence electrons. The number of carbonyl (C=O) groups is 1. The molecule has 0 fully saturated rings. The Bertz CT molecular complexity index is 1060. The van der Waals surface area contributed by atoms with Gasteiger partial charge in [0.2, 0.25) is 10.0 Å². The van der Waals surface area contributed by atoms with Gasteiger partial charge in [0.25, 0.3) is 5.91 Å². The first-order valence-electron chi connectivity index (χ1n) is 7.82. The van der Waals surface area contributed by atoms with Gasteiger partial charge >= 0.3 is 0 Å². The smallest absolute Gasteiger partial charge is 0.251 e. The third kappa shape index (κ3) is 4.17. The number of halogens is 1. The maximum absolute atomic E-state index is 13.5. The molecule has 2 aromatic heterocycles. The lowest BCUT2D eigenvalue weighted by Gasteiger charge is -2.09. The number of rotatable bonds is 6. The largest absolute Gasteiger partial charge is 0.351 e. The zero-order chi connectivity index (χ0) is 18.7. The lowest BCUT2D eigenvalue weighted by molar-refractivity contribution is 0.0955. The number of nitrogens with one attached hydrogen (secondary N) is 2. The average molecular weight is 376 g/mol. The van der Waals surface area contributed by atoms with E-state index in [1.807, 2.05) is 0 Å². The van der Waals surface area contributed by atoms with Gasteiger partial charge in [-0.15, -0.1) is 0 Å². The molecule has 7 nitrogen and oxygen atoms in total. The van der Waals surface area contributed by atoms with Crippen LogP contribution in [-0.2, 0) is 10.0 Å². The molecule has 0 aliphatic rings. The fourth-order valence-corrected chi connectivity index (χ4v) is 3.31. The molecular formula is C17H17FN4O3S. The van der Waals surface area contributed by atoms with Crippen molar-refractivity contribution in [2.75, 3.05) is 17.0 Å². The van der Waals surface area contributed by atoms with E-state index in [0.717, 1.165) is 11.6 Å². The van der Waals surface area contributed by atoms with Crippen molar-refractivity contribution >= 4 is 27.1 Å². The summed E-state index contributed by atoms with van der Waals surface area (Å²) in [5.74, 6) is -1.32. The molecule has 0 bridgehead atoms. The van der Waals surface area contributed by atoms with Crippen molar-refractivity contribution in [3.8, 4) is 0 Å². The van der Waals surface area contributed by atoms with Crippen molar-refractivity contribution < 1.29 is 17.6 Å². The highest BCUT2D eigenvalue weighted by molar-refractivity contribution is 7.92. The minimum absolute atomic E-state index is 0.0986. The van der Waals surface area contributed by atoms with E-state index in [1.165, 1.54) is 12.1 Å². The zero-order valence-corrected chi connectivity index (χ0v) is 14.8. The van der Waals surface area contributed by atoms with Crippen LogP contribution in [0.2, 0.25) is 0 Å². The second kappa shape index (κ2) is 7.12. The Balaban J connectivity index is 1.57. The molecule has 3 aromatic rings. The number of hydrogen-bond acceptors (Lipinski definition) is 4. The third-order valence-electron chi connectivity index (χ3n) is 3.76. The number of amides is 1. The van der Waals surface area contributed by atoms with Gasteiger partial charge in [0.15, 0.2) is 0 Å². The second-order valence-corrected chi connectivity index (χ2v) is 7.60. The van der Waals surface area contributed by atoms with Gasteiger partial charge in [-0.3, -0.25) is 9.52 Å². The van der Waals surface area contributed by atoms with Crippen molar-refractivity contribution in [3.63, 3.8) is 0 Å². The minimum atomic E-state index is -3.65. The Morgan fingerprint density at radius 1 is 1.23 bits per heavy atom. The molecule has 0 unspecified atom stereocenters. The highest BCUT2D eigenvalue weighted by Gasteiger charge is 2.13. The van der Waals surface area contributed by atoms with Crippen LogP contribution in [0.25, 0.3) is 5.52 Å². The summed E-state index contributed by atoms with van der Waals surface area (Å²) in [5, 5.41) is 6.51. The SMILES string of the molecule is Cc1ccc(C(=O)NCCS(=O)(=O)Nc2ccn3nccc3c2)cc1F. The van der Waals surface area contributed by atoms with Crippen molar-refractivity contribution in [1.29, 1.82) is 0 Å². The summed E-state index contributed by atoms with van der Waals surface area (Å²) in [6.07, 6.45) is 3.25. The number of hydrogen-bond donors (Lipinski definition) is 2. The third-order valence-corrected chi connectivity index (χ3v) is 5.05. The first-order chi connectivity index (χ1) is 12.3. The monoisotopic (exact) mass is 376 g/mol. The van der Waals surface area contributed by atoms with Gasteiger partial charge < -0.3 is 5.32 Å². The van der Waals surface area contributed by atoms with Gasteiger partial charge in [-0.1, -0.05) is 6.07 Å². The van der Waals surface area contributed by atoms with Gasteiger partial charge in [-0.25, -0.2) is 17.3 Å². The molecule has 0 saturated carbocycles. The number of fused-ring (bicyclic) bond motifs is 1. The van der Waals surface area contributed by atoms with Gasteiger partial charge in [0.1, 0.15) is 5.82 Å². The van der Waals surface area contributed by atoms with Crippen LogP contribution in [-0.4, -0.2) is 36.2 Å². The molecule has 9 heteroatoms. The summed E-state index contributed by atoms with van der Waals surface area (Å²) >= 11 is 0. The van der Waals surface area contributed by atoms with E-state index >= 15 is 0 Å². The van der Waals surface area contributed by atoms with E-state index in [9.17, 15) is 17.6 Å². The van der Waals surface area contributed by atoms with Crippen molar-refractivity contribution in [2.24, 2.45) is 0 Å². The molecule has 1 aromatic carbocycles. The predicted octanol–water partition coefficient (Wildman–Crippen LogP) is 1.95. The molecule has 0 aliphatic carbocycles. The summed E-state index contributed by atoms with van der Waals surface area (Å²) in [7, 11) is -3.65. The zero-order valence-electron chi connectivity index (χ0n) is 13.9. The summed E-state index contributed by atoms with van der Waals surface area (Å²) in [4.78, 5) is 12.0. The Morgan fingerprint density at radius 3 is 2.81 bits per heavy atom. The number of pyridine rings is 1. The molecule has 3 rings (SSSR count). The summed E-state index contributed by atoms with van der Waals surface area (Å²) < 4.78 is 41.8. The number of sulfonamides is 1. The van der Waals surface area contributed by atoms with Crippen LogP contribution in [0.4, 0.5) is 10.1 Å². The van der Waals surface area contributed by atoms with E-state index in [4.69, 9.17) is 0 Å². The predicted molar refractivity (Wildman–Crippen MR) is 96.1 cm³/mol. The molecule has 1 amide bonds. The molecule has 26 heavy (non-hydrogen) atoms. The molecule has 0 radical (unpaired) electrons. The number of anilines is 1. The topological polar surface area (TPSA) is 92.6 Å². The number of carbonyl (C=O) groups excluding carboxylic acids is 1. The van der Waals surface area contributed by atoms with Gasteiger partial charge in [-0.2, -0.15) is 5.10 Å². The van der Waals surface area contributed by atoms with E-state index in [-0.39, 0.29) is 17.9 Å². The number of nitrogens with zero attached hydrogens (tertiary/aromatic N) is 2. The Labute approximate surface area is 149 Å². The molecule has 0 spiro atoms. The maximum atomic E-state index is 13.5. The van der Waals surface area contributed by atoms with E-state index in [0.29, 0.717) is 11.3 Å². The van der Waals surface area contributed by atoms with E-state index in [1.54, 1.807) is 42.0 Å². The molecular weight excluding hydrogens is 359 g/mol. The van der Waals surface area contributed by atoms with Crippen LogP contribution in [0.3, 0.4) is 0 Å².